The van der Waals surface area contributed by atoms with Gasteiger partial charge in [-0.2, -0.15) is 5.26 Å². The van der Waals surface area contributed by atoms with E-state index in [2.05, 4.69) is 11.4 Å². The maximum absolute atomic E-state index is 12.2. The second-order valence-electron chi connectivity index (χ2n) is 5.76. The second-order valence-corrected chi connectivity index (χ2v) is 5.76. The number of fused-ring (bicyclic) bond motifs is 1. The molecule has 0 spiro atoms. The zero-order valence-corrected chi connectivity index (χ0v) is 12.7. The van der Waals surface area contributed by atoms with Gasteiger partial charge in [-0.1, -0.05) is 26.0 Å². The lowest BCUT2D eigenvalue weighted by Gasteiger charge is -2.28. The molecular weight excluding hydrogens is 282 g/mol. The SMILES string of the molecule is CC(C)[C@@](C)(C#N)NC(=O)CN1C(=O)c2ccccc2C1=O. The standard InChI is InChI=1S/C16H17N3O3/c1-10(2)16(3,9-17)18-13(20)8-19-14(21)11-6-4-5-7-12(11)15(19)22/h4-7,10H,8H2,1-3H3,(H,18,20)/t16-/m1/s1. The summed E-state index contributed by atoms with van der Waals surface area (Å²) < 4.78 is 0. The molecule has 0 bridgehead atoms. The zero-order valence-electron chi connectivity index (χ0n) is 12.7. The highest BCUT2D eigenvalue weighted by atomic mass is 16.2. The number of nitrogens with zero attached hydrogens (tertiary/aromatic N) is 2. The Bertz CT molecular complexity index is 655. The molecule has 0 saturated carbocycles. The summed E-state index contributed by atoms with van der Waals surface area (Å²) in [6.45, 7) is 4.84. The Morgan fingerprint density at radius 3 is 2.18 bits per heavy atom. The summed E-state index contributed by atoms with van der Waals surface area (Å²) in [6, 6.07) is 8.50. The molecule has 0 aliphatic carbocycles. The van der Waals surface area contributed by atoms with E-state index in [1.807, 2.05) is 13.8 Å². The number of benzene rings is 1. The Labute approximate surface area is 128 Å². The van der Waals surface area contributed by atoms with Gasteiger partial charge < -0.3 is 5.32 Å². The molecule has 0 radical (unpaired) electrons. The van der Waals surface area contributed by atoms with Gasteiger partial charge in [-0.3, -0.25) is 19.3 Å². The molecule has 22 heavy (non-hydrogen) atoms. The second kappa shape index (κ2) is 5.60. The van der Waals surface area contributed by atoms with Crippen LogP contribution in [0.5, 0.6) is 0 Å². The molecule has 1 atom stereocenters. The average molecular weight is 299 g/mol. The lowest BCUT2D eigenvalue weighted by molar-refractivity contribution is -0.123. The normalized spacial score (nSPS) is 16.2. The molecule has 2 rings (SSSR count). The van der Waals surface area contributed by atoms with E-state index in [1.54, 1.807) is 31.2 Å². The minimum atomic E-state index is -1.05. The number of carbonyl (C=O) groups excluding carboxylic acids is 3. The van der Waals surface area contributed by atoms with Crippen LogP contribution in [0.15, 0.2) is 24.3 Å². The van der Waals surface area contributed by atoms with Crippen LogP contribution in [0.25, 0.3) is 0 Å². The molecule has 1 heterocycles. The van der Waals surface area contributed by atoms with E-state index in [4.69, 9.17) is 0 Å². The molecule has 3 amide bonds. The van der Waals surface area contributed by atoms with E-state index < -0.39 is 29.8 Å². The first-order chi connectivity index (χ1) is 10.3. The molecule has 1 aromatic carbocycles. The third kappa shape index (κ3) is 2.58. The van der Waals surface area contributed by atoms with Gasteiger partial charge in [0.2, 0.25) is 5.91 Å². The lowest BCUT2D eigenvalue weighted by Crippen LogP contribution is -2.52. The fourth-order valence-corrected chi connectivity index (χ4v) is 2.16. The number of carbonyl (C=O) groups is 3. The minimum absolute atomic E-state index is 0.108. The van der Waals surface area contributed by atoms with Gasteiger partial charge in [0.1, 0.15) is 12.1 Å². The highest BCUT2D eigenvalue weighted by molar-refractivity contribution is 6.22. The van der Waals surface area contributed by atoms with Crippen molar-refractivity contribution in [3.63, 3.8) is 0 Å². The minimum Gasteiger partial charge on any atom is -0.336 e. The van der Waals surface area contributed by atoms with E-state index >= 15 is 0 Å². The van der Waals surface area contributed by atoms with E-state index in [9.17, 15) is 19.6 Å². The summed E-state index contributed by atoms with van der Waals surface area (Å²) in [7, 11) is 0. The van der Waals surface area contributed by atoms with Gasteiger partial charge in [0, 0.05) is 0 Å². The van der Waals surface area contributed by atoms with Gasteiger partial charge in [0.15, 0.2) is 0 Å². The molecule has 0 unspecified atom stereocenters. The summed E-state index contributed by atoms with van der Waals surface area (Å²) in [6.07, 6.45) is 0. The molecule has 1 aliphatic rings. The first kappa shape index (κ1) is 15.7. The van der Waals surface area contributed by atoms with Crippen molar-refractivity contribution < 1.29 is 14.4 Å². The maximum Gasteiger partial charge on any atom is 0.262 e. The lowest BCUT2D eigenvalue weighted by atomic mass is 9.90. The fourth-order valence-electron chi connectivity index (χ4n) is 2.16. The van der Waals surface area contributed by atoms with Crippen LogP contribution in [0.3, 0.4) is 0 Å². The Balaban J connectivity index is 2.13. The van der Waals surface area contributed by atoms with Gasteiger partial charge in [-0.15, -0.1) is 0 Å². The number of hydrogen-bond acceptors (Lipinski definition) is 4. The van der Waals surface area contributed by atoms with Crippen LogP contribution in [0.4, 0.5) is 0 Å². The molecule has 6 nitrogen and oxygen atoms in total. The maximum atomic E-state index is 12.2. The summed E-state index contributed by atoms with van der Waals surface area (Å²) in [5.41, 5.74) is -0.449. The highest BCUT2D eigenvalue weighted by Gasteiger charge is 2.38. The molecule has 114 valence electrons. The Morgan fingerprint density at radius 2 is 1.77 bits per heavy atom. The molecule has 1 aliphatic heterocycles. The van der Waals surface area contributed by atoms with Crippen LogP contribution in [0.1, 0.15) is 41.5 Å². The summed E-state index contributed by atoms with van der Waals surface area (Å²) in [5, 5.41) is 11.8. The van der Waals surface area contributed by atoms with Crippen molar-refractivity contribution in [1.82, 2.24) is 10.2 Å². The molecule has 1 aromatic rings. The Morgan fingerprint density at radius 1 is 1.27 bits per heavy atom. The van der Waals surface area contributed by atoms with Crippen LogP contribution in [-0.4, -0.2) is 34.7 Å². The Hall–Kier alpha value is -2.68. The highest BCUT2D eigenvalue weighted by Crippen LogP contribution is 2.22. The predicted octanol–water partition coefficient (Wildman–Crippen LogP) is 1.34. The smallest absolute Gasteiger partial charge is 0.262 e. The third-order valence-corrected chi connectivity index (χ3v) is 3.97. The van der Waals surface area contributed by atoms with Crippen molar-refractivity contribution in [1.29, 1.82) is 5.26 Å². The molecule has 0 aromatic heterocycles. The summed E-state index contributed by atoms with van der Waals surface area (Å²) >= 11 is 0. The zero-order chi connectivity index (χ0) is 16.5. The molecule has 1 N–H and O–H groups in total. The van der Waals surface area contributed by atoms with Gasteiger partial charge >= 0.3 is 0 Å². The quantitative estimate of drug-likeness (QED) is 0.849. The van der Waals surface area contributed by atoms with E-state index in [0.29, 0.717) is 11.1 Å². The number of amides is 3. The predicted molar refractivity (Wildman–Crippen MR) is 78.8 cm³/mol. The van der Waals surface area contributed by atoms with Crippen molar-refractivity contribution >= 4 is 17.7 Å². The summed E-state index contributed by atoms with van der Waals surface area (Å²) in [5.74, 6) is -1.62. The van der Waals surface area contributed by atoms with Crippen LogP contribution in [0, 0.1) is 17.2 Å². The van der Waals surface area contributed by atoms with E-state index in [1.165, 1.54) is 0 Å². The van der Waals surface area contributed by atoms with Gasteiger partial charge in [0.25, 0.3) is 11.8 Å². The van der Waals surface area contributed by atoms with Crippen molar-refractivity contribution in [3.05, 3.63) is 35.4 Å². The first-order valence-corrected chi connectivity index (χ1v) is 6.97. The topological polar surface area (TPSA) is 90.3 Å². The number of imide groups is 1. The number of rotatable bonds is 4. The molecule has 0 saturated heterocycles. The number of nitriles is 1. The average Bonchev–Trinajstić information content (AvgIpc) is 2.72. The van der Waals surface area contributed by atoms with Gasteiger partial charge in [-0.25, -0.2) is 0 Å². The summed E-state index contributed by atoms with van der Waals surface area (Å²) in [4.78, 5) is 37.4. The van der Waals surface area contributed by atoms with Crippen molar-refractivity contribution in [2.75, 3.05) is 6.54 Å². The molecule has 0 fully saturated rings. The number of nitrogens with one attached hydrogen (secondary N) is 1. The van der Waals surface area contributed by atoms with Crippen LogP contribution in [-0.2, 0) is 4.79 Å². The van der Waals surface area contributed by atoms with E-state index in [-0.39, 0.29) is 5.92 Å². The third-order valence-electron chi connectivity index (χ3n) is 3.97. The van der Waals surface area contributed by atoms with E-state index in [0.717, 1.165) is 4.90 Å². The van der Waals surface area contributed by atoms with Gasteiger partial charge in [-0.05, 0) is 25.0 Å². The molecule has 6 heteroatoms. The van der Waals surface area contributed by atoms with Crippen molar-refractivity contribution in [2.45, 2.75) is 26.3 Å². The van der Waals surface area contributed by atoms with Crippen molar-refractivity contribution in [2.24, 2.45) is 5.92 Å². The van der Waals surface area contributed by atoms with Crippen LogP contribution >= 0.6 is 0 Å². The monoisotopic (exact) mass is 299 g/mol. The van der Waals surface area contributed by atoms with Gasteiger partial charge in [0.05, 0.1) is 17.2 Å². The first-order valence-electron chi connectivity index (χ1n) is 6.97. The largest absolute Gasteiger partial charge is 0.336 e. The number of hydrogen-bond donors (Lipinski definition) is 1. The van der Waals surface area contributed by atoms with Crippen LogP contribution < -0.4 is 5.32 Å². The molecular formula is C16H17N3O3. The Kier molecular flexibility index (Phi) is 4.00. The van der Waals surface area contributed by atoms with Crippen molar-refractivity contribution in [3.8, 4) is 6.07 Å². The fraction of sp³-hybridized carbons (Fsp3) is 0.375. The van der Waals surface area contributed by atoms with Crippen LogP contribution in [0.2, 0.25) is 0 Å².